The molecule has 7 heteroatoms. The number of carbonyl (C=O) groups excluding carboxylic acids is 2. The first-order valence-electron chi connectivity index (χ1n) is 8.63. The monoisotopic (exact) mass is 331 g/mol. The molecule has 24 heavy (non-hydrogen) atoms. The van der Waals surface area contributed by atoms with Crippen LogP contribution in [-0.4, -0.2) is 90.9 Å². The number of hydrogen-bond acceptors (Lipinski definition) is 5. The Kier molecular flexibility index (Phi) is 5.30. The van der Waals surface area contributed by atoms with Crippen molar-refractivity contribution in [3.63, 3.8) is 0 Å². The highest BCUT2D eigenvalue weighted by atomic mass is 16.2. The molecule has 0 N–H and O–H groups in total. The van der Waals surface area contributed by atoms with E-state index in [0.717, 1.165) is 44.8 Å². The second-order valence-corrected chi connectivity index (χ2v) is 6.25. The number of pyridine rings is 1. The van der Waals surface area contributed by atoms with E-state index in [4.69, 9.17) is 0 Å². The zero-order chi connectivity index (χ0) is 16.9. The van der Waals surface area contributed by atoms with E-state index in [1.807, 2.05) is 12.1 Å². The van der Waals surface area contributed by atoms with Crippen molar-refractivity contribution in [1.82, 2.24) is 19.7 Å². The molecule has 2 amide bonds. The molecule has 2 aliphatic heterocycles. The Balaban J connectivity index is 1.65. The van der Waals surface area contributed by atoms with Gasteiger partial charge in [0.25, 0.3) is 5.91 Å². The number of aromatic nitrogens is 1. The largest absolute Gasteiger partial charge is 0.369 e. The molecule has 0 spiro atoms. The van der Waals surface area contributed by atoms with Crippen molar-refractivity contribution in [2.75, 3.05) is 63.8 Å². The molecule has 0 unspecified atom stereocenters. The molecule has 1 aromatic heterocycles. The molecule has 2 saturated heterocycles. The van der Waals surface area contributed by atoms with E-state index in [0.29, 0.717) is 31.9 Å². The summed E-state index contributed by atoms with van der Waals surface area (Å²) in [6.07, 6.45) is 2.56. The van der Waals surface area contributed by atoms with Gasteiger partial charge in [0.15, 0.2) is 0 Å². The van der Waals surface area contributed by atoms with E-state index in [1.165, 1.54) is 0 Å². The molecule has 0 radical (unpaired) electrons. The zero-order valence-electron chi connectivity index (χ0n) is 14.2. The van der Waals surface area contributed by atoms with Gasteiger partial charge in [0.05, 0.1) is 0 Å². The topological polar surface area (TPSA) is 60.0 Å². The number of piperazine rings is 2. The van der Waals surface area contributed by atoms with Crippen LogP contribution in [0.1, 0.15) is 17.4 Å². The number of rotatable bonds is 4. The fourth-order valence-electron chi connectivity index (χ4n) is 3.25. The highest BCUT2D eigenvalue weighted by molar-refractivity contribution is 5.93. The molecule has 3 heterocycles. The van der Waals surface area contributed by atoms with Crippen LogP contribution in [0.5, 0.6) is 0 Å². The van der Waals surface area contributed by atoms with E-state index in [2.05, 4.69) is 21.7 Å². The number of hydrogen-bond donors (Lipinski definition) is 0. The van der Waals surface area contributed by atoms with Crippen LogP contribution in [0, 0.1) is 0 Å². The molecule has 0 aliphatic carbocycles. The smallest absolute Gasteiger partial charge is 0.272 e. The second-order valence-electron chi connectivity index (χ2n) is 6.25. The Labute approximate surface area is 142 Å². The lowest BCUT2D eigenvalue weighted by Gasteiger charge is -2.36. The van der Waals surface area contributed by atoms with Gasteiger partial charge in [0.1, 0.15) is 5.69 Å². The Hall–Kier alpha value is -2.15. The first kappa shape index (κ1) is 16.7. The van der Waals surface area contributed by atoms with Gasteiger partial charge < -0.3 is 19.6 Å². The normalized spacial score (nSPS) is 19.5. The Morgan fingerprint density at radius 1 is 1.12 bits per heavy atom. The summed E-state index contributed by atoms with van der Waals surface area (Å²) in [4.78, 5) is 35.9. The molecule has 3 rings (SSSR count). The maximum atomic E-state index is 12.7. The molecule has 0 saturated carbocycles. The van der Waals surface area contributed by atoms with Gasteiger partial charge in [-0.3, -0.25) is 14.6 Å². The third-order valence-electron chi connectivity index (χ3n) is 4.90. The summed E-state index contributed by atoms with van der Waals surface area (Å²) in [5.74, 6) is -0.0467. The van der Waals surface area contributed by atoms with Crippen LogP contribution in [0.3, 0.4) is 0 Å². The number of anilines is 1. The number of carbonyl (C=O) groups is 2. The van der Waals surface area contributed by atoms with Gasteiger partial charge >= 0.3 is 0 Å². The van der Waals surface area contributed by atoms with Gasteiger partial charge in [0, 0.05) is 64.2 Å². The molecule has 0 atom stereocenters. The van der Waals surface area contributed by atoms with Gasteiger partial charge in [-0.05, 0) is 18.7 Å². The maximum Gasteiger partial charge on any atom is 0.272 e. The van der Waals surface area contributed by atoms with Crippen molar-refractivity contribution in [3.8, 4) is 0 Å². The van der Waals surface area contributed by atoms with E-state index in [1.54, 1.807) is 16.0 Å². The third-order valence-corrected chi connectivity index (χ3v) is 4.90. The predicted octanol–water partition coefficient (Wildman–Crippen LogP) is 0.138. The van der Waals surface area contributed by atoms with Crippen LogP contribution in [0.4, 0.5) is 5.69 Å². The average Bonchev–Trinajstić information content (AvgIpc) is 2.67. The Morgan fingerprint density at radius 3 is 2.46 bits per heavy atom. The molecular weight excluding hydrogens is 306 g/mol. The first-order chi connectivity index (χ1) is 11.7. The molecule has 2 fully saturated rings. The summed E-state index contributed by atoms with van der Waals surface area (Å²) in [7, 11) is 0. The highest BCUT2D eigenvalue weighted by Crippen LogP contribution is 2.18. The van der Waals surface area contributed by atoms with Crippen molar-refractivity contribution in [3.05, 3.63) is 24.0 Å². The lowest BCUT2D eigenvalue weighted by Crippen LogP contribution is -2.48. The minimum absolute atomic E-state index is 0.0467. The molecule has 0 aromatic carbocycles. The second kappa shape index (κ2) is 7.61. The van der Waals surface area contributed by atoms with Gasteiger partial charge in [-0.25, -0.2) is 0 Å². The zero-order valence-corrected chi connectivity index (χ0v) is 14.2. The Bertz CT molecular complexity index is 578. The van der Waals surface area contributed by atoms with Gasteiger partial charge in [-0.1, -0.05) is 6.92 Å². The molecular formula is C17H25N5O2. The molecule has 130 valence electrons. The van der Waals surface area contributed by atoms with Gasteiger partial charge in [0.2, 0.25) is 6.41 Å². The summed E-state index contributed by atoms with van der Waals surface area (Å²) in [6, 6.07) is 3.87. The summed E-state index contributed by atoms with van der Waals surface area (Å²) >= 11 is 0. The fourth-order valence-corrected chi connectivity index (χ4v) is 3.25. The summed E-state index contributed by atoms with van der Waals surface area (Å²) in [5, 5.41) is 0. The van der Waals surface area contributed by atoms with Crippen molar-refractivity contribution < 1.29 is 9.59 Å². The van der Waals surface area contributed by atoms with Crippen molar-refractivity contribution >= 4 is 18.0 Å². The van der Waals surface area contributed by atoms with Crippen molar-refractivity contribution in [2.24, 2.45) is 0 Å². The lowest BCUT2D eigenvalue weighted by molar-refractivity contribution is -0.119. The SMILES string of the molecule is CCN1CCN(c2ccnc(C(=O)N3CCN(C=O)CC3)c2)CC1. The standard InChI is InChI=1S/C17H25N5O2/c1-2-19-5-9-21(10-6-19)15-3-4-18-16(13-15)17(24)22-11-7-20(14-23)8-12-22/h3-4,13-14H,2,5-12H2,1H3. The van der Waals surface area contributed by atoms with Crippen LogP contribution in [-0.2, 0) is 4.79 Å². The van der Waals surface area contributed by atoms with Crippen LogP contribution < -0.4 is 4.90 Å². The number of amides is 2. The minimum Gasteiger partial charge on any atom is -0.369 e. The molecule has 0 bridgehead atoms. The molecule has 2 aliphatic rings. The van der Waals surface area contributed by atoms with Gasteiger partial charge in [-0.2, -0.15) is 0 Å². The van der Waals surface area contributed by atoms with E-state index < -0.39 is 0 Å². The maximum absolute atomic E-state index is 12.7. The van der Waals surface area contributed by atoms with Gasteiger partial charge in [-0.15, -0.1) is 0 Å². The van der Waals surface area contributed by atoms with Crippen molar-refractivity contribution in [2.45, 2.75) is 6.92 Å². The lowest BCUT2D eigenvalue weighted by atomic mass is 10.2. The van der Waals surface area contributed by atoms with E-state index in [9.17, 15) is 9.59 Å². The van der Waals surface area contributed by atoms with Crippen LogP contribution in [0.15, 0.2) is 18.3 Å². The number of nitrogens with zero attached hydrogens (tertiary/aromatic N) is 5. The minimum atomic E-state index is -0.0467. The van der Waals surface area contributed by atoms with Crippen LogP contribution in [0.25, 0.3) is 0 Å². The number of likely N-dealkylation sites (N-methyl/N-ethyl adjacent to an activating group) is 1. The quantitative estimate of drug-likeness (QED) is 0.735. The van der Waals surface area contributed by atoms with E-state index >= 15 is 0 Å². The fraction of sp³-hybridized carbons (Fsp3) is 0.588. The highest BCUT2D eigenvalue weighted by Gasteiger charge is 2.23. The molecule has 1 aromatic rings. The summed E-state index contributed by atoms with van der Waals surface area (Å²) in [5.41, 5.74) is 1.56. The average molecular weight is 331 g/mol. The van der Waals surface area contributed by atoms with Crippen molar-refractivity contribution in [1.29, 1.82) is 0 Å². The van der Waals surface area contributed by atoms with Crippen LogP contribution >= 0.6 is 0 Å². The van der Waals surface area contributed by atoms with E-state index in [-0.39, 0.29) is 5.91 Å². The first-order valence-corrected chi connectivity index (χ1v) is 8.63. The Morgan fingerprint density at radius 2 is 1.83 bits per heavy atom. The summed E-state index contributed by atoms with van der Waals surface area (Å²) in [6.45, 7) is 9.64. The summed E-state index contributed by atoms with van der Waals surface area (Å²) < 4.78 is 0. The molecule has 7 nitrogen and oxygen atoms in total. The third kappa shape index (κ3) is 3.67. The van der Waals surface area contributed by atoms with Crippen LogP contribution in [0.2, 0.25) is 0 Å². The predicted molar refractivity (Wildman–Crippen MR) is 92.1 cm³/mol.